The molecule has 0 aliphatic carbocycles. The highest BCUT2D eigenvalue weighted by molar-refractivity contribution is 5.78. The SMILES string of the molecule is COc1ccccc1Cn1c(CCCCCNC(=O)Cc2ccc(OC)c(OC)c2)nc2ccccc21. The van der Waals surface area contributed by atoms with Crippen molar-refractivity contribution in [3.63, 3.8) is 0 Å². The number of methoxy groups -OCH3 is 3. The monoisotopic (exact) mass is 501 g/mol. The van der Waals surface area contributed by atoms with Crippen LogP contribution in [0.1, 0.15) is 36.2 Å². The third-order valence-corrected chi connectivity index (χ3v) is 6.47. The van der Waals surface area contributed by atoms with Gasteiger partial charge < -0.3 is 24.1 Å². The van der Waals surface area contributed by atoms with Crippen molar-refractivity contribution >= 4 is 16.9 Å². The maximum Gasteiger partial charge on any atom is 0.224 e. The van der Waals surface area contributed by atoms with E-state index in [1.807, 2.05) is 42.5 Å². The Morgan fingerprint density at radius 1 is 0.838 bits per heavy atom. The number of rotatable bonds is 13. The summed E-state index contributed by atoms with van der Waals surface area (Å²) in [5, 5.41) is 3.03. The molecule has 7 nitrogen and oxygen atoms in total. The Morgan fingerprint density at radius 2 is 1.59 bits per heavy atom. The van der Waals surface area contributed by atoms with Crippen LogP contribution in [-0.2, 0) is 24.2 Å². The quantitative estimate of drug-likeness (QED) is 0.256. The Hall–Kier alpha value is -4.00. The fourth-order valence-corrected chi connectivity index (χ4v) is 4.55. The van der Waals surface area contributed by atoms with Crippen LogP contribution < -0.4 is 19.5 Å². The second-order valence-electron chi connectivity index (χ2n) is 8.94. The van der Waals surface area contributed by atoms with Crippen LogP contribution in [0, 0.1) is 0 Å². The van der Waals surface area contributed by atoms with Crippen molar-refractivity contribution in [2.75, 3.05) is 27.9 Å². The predicted molar refractivity (Wildman–Crippen MR) is 146 cm³/mol. The van der Waals surface area contributed by atoms with E-state index in [0.29, 0.717) is 31.0 Å². The number of imidazole rings is 1. The van der Waals surface area contributed by atoms with Crippen LogP contribution in [-0.4, -0.2) is 43.3 Å². The van der Waals surface area contributed by atoms with Crippen molar-refractivity contribution in [1.29, 1.82) is 0 Å². The van der Waals surface area contributed by atoms with E-state index in [9.17, 15) is 4.79 Å². The molecule has 1 aromatic heterocycles. The molecule has 1 heterocycles. The summed E-state index contributed by atoms with van der Waals surface area (Å²) >= 11 is 0. The van der Waals surface area contributed by atoms with Gasteiger partial charge in [0.15, 0.2) is 11.5 Å². The second kappa shape index (κ2) is 12.8. The Bertz CT molecular complexity index is 1330. The van der Waals surface area contributed by atoms with Crippen molar-refractivity contribution < 1.29 is 19.0 Å². The lowest BCUT2D eigenvalue weighted by atomic mass is 10.1. The van der Waals surface area contributed by atoms with Gasteiger partial charge in [-0.3, -0.25) is 4.79 Å². The molecule has 0 aliphatic rings. The van der Waals surface area contributed by atoms with Gasteiger partial charge in [-0.2, -0.15) is 0 Å². The van der Waals surface area contributed by atoms with Crippen molar-refractivity contribution in [3.05, 3.63) is 83.7 Å². The molecular formula is C30H35N3O4. The Balaban J connectivity index is 1.28. The van der Waals surface area contributed by atoms with E-state index in [2.05, 4.69) is 34.1 Å². The maximum atomic E-state index is 12.4. The topological polar surface area (TPSA) is 74.6 Å². The van der Waals surface area contributed by atoms with Gasteiger partial charge in [0.1, 0.15) is 11.6 Å². The number of fused-ring (bicyclic) bond motifs is 1. The molecule has 0 saturated carbocycles. The highest BCUT2D eigenvalue weighted by atomic mass is 16.5. The number of para-hydroxylation sites is 3. The highest BCUT2D eigenvalue weighted by Crippen LogP contribution is 2.28. The molecule has 0 saturated heterocycles. The fourth-order valence-electron chi connectivity index (χ4n) is 4.55. The van der Waals surface area contributed by atoms with Gasteiger partial charge in [0.05, 0.1) is 45.3 Å². The van der Waals surface area contributed by atoms with Gasteiger partial charge >= 0.3 is 0 Å². The molecule has 37 heavy (non-hydrogen) atoms. The van der Waals surface area contributed by atoms with Crippen molar-refractivity contribution in [3.8, 4) is 17.2 Å². The van der Waals surface area contributed by atoms with Gasteiger partial charge in [-0.1, -0.05) is 42.8 Å². The molecule has 0 aliphatic heterocycles. The van der Waals surface area contributed by atoms with Crippen LogP contribution >= 0.6 is 0 Å². The van der Waals surface area contributed by atoms with Gasteiger partial charge in [0, 0.05) is 18.5 Å². The lowest BCUT2D eigenvalue weighted by Gasteiger charge is -2.13. The van der Waals surface area contributed by atoms with Gasteiger partial charge in [0.2, 0.25) is 5.91 Å². The summed E-state index contributed by atoms with van der Waals surface area (Å²) in [5.74, 6) is 3.25. The van der Waals surface area contributed by atoms with Crippen LogP contribution in [0.3, 0.4) is 0 Å². The minimum atomic E-state index is 0.00539. The zero-order valence-corrected chi connectivity index (χ0v) is 21.8. The standard InChI is InChI=1S/C30H35N3O4/c1-35-26-14-9-6-11-23(26)21-33-25-13-8-7-12-24(25)32-29(33)15-5-4-10-18-31-30(34)20-22-16-17-27(36-2)28(19-22)37-3/h6-9,11-14,16-17,19H,4-5,10,15,18,20-21H2,1-3H3,(H,31,34). The number of ether oxygens (including phenoxy) is 3. The van der Waals surface area contributed by atoms with E-state index in [4.69, 9.17) is 19.2 Å². The second-order valence-corrected chi connectivity index (χ2v) is 8.94. The summed E-state index contributed by atoms with van der Waals surface area (Å²) in [6.07, 6.45) is 4.12. The van der Waals surface area contributed by atoms with E-state index < -0.39 is 0 Å². The minimum absolute atomic E-state index is 0.00539. The molecule has 0 radical (unpaired) electrons. The summed E-state index contributed by atoms with van der Waals surface area (Å²) in [5.41, 5.74) is 4.16. The molecule has 0 spiro atoms. The molecule has 0 fully saturated rings. The van der Waals surface area contributed by atoms with Gasteiger partial charge in [-0.05, 0) is 48.7 Å². The van der Waals surface area contributed by atoms with Crippen molar-refractivity contribution in [2.24, 2.45) is 0 Å². The molecule has 4 rings (SSSR count). The molecule has 4 aromatic rings. The number of hydrogen-bond donors (Lipinski definition) is 1. The molecule has 0 unspecified atom stereocenters. The Kier molecular flexibility index (Phi) is 9.03. The summed E-state index contributed by atoms with van der Waals surface area (Å²) in [6, 6.07) is 21.9. The Labute approximate surface area is 218 Å². The first kappa shape index (κ1) is 26.1. The zero-order valence-electron chi connectivity index (χ0n) is 21.8. The maximum absolute atomic E-state index is 12.4. The summed E-state index contributed by atoms with van der Waals surface area (Å²) in [6.45, 7) is 1.37. The molecule has 194 valence electrons. The number of carbonyl (C=O) groups excluding carboxylic acids is 1. The number of carbonyl (C=O) groups is 1. The van der Waals surface area contributed by atoms with Crippen molar-refractivity contribution in [2.45, 2.75) is 38.6 Å². The van der Waals surface area contributed by atoms with Crippen molar-refractivity contribution in [1.82, 2.24) is 14.9 Å². The summed E-state index contributed by atoms with van der Waals surface area (Å²) < 4.78 is 18.4. The highest BCUT2D eigenvalue weighted by Gasteiger charge is 2.13. The largest absolute Gasteiger partial charge is 0.496 e. The number of amides is 1. The number of nitrogens with one attached hydrogen (secondary N) is 1. The molecule has 0 bridgehead atoms. The van der Waals surface area contributed by atoms with Gasteiger partial charge in [-0.15, -0.1) is 0 Å². The van der Waals surface area contributed by atoms with Gasteiger partial charge in [-0.25, -0.2) is 4.98 Å². The average molecular weight is 502 g/mol. The first-order valence-corrected chi connectivity index (χ1v) is 12.7. The number of benzene rings is 3. The average Bonchev–Trinajstić information content (AvgIpc) is 3.27. The summed E-state index contributed by atoms with van der Waals surface area (Å²) in [7, 11) is 4.90. The number of aromatic nitrogens is 2. The van der Waals surface area contributed by atoms with Crippen LogP contribution in [0.2, 0.25) is 0 Å². The van der Waals surface area contributed by atoms with E-state index in [1.165, 1.54) is 0 Å². The number of aryl methyl sites for hydroxylation is 1. The lowest BCUT2D eigenvalue weighted by Crippen LogP contribution is -2.26. The molecule has 3 aromatic carbocycles. The normalized spacial score (nSPS) is 10.9. The molecule has 0 atom stereocenters. The van der Waals surface area contributed by atoms with E-state index in [1.54, 1.807) is 21.3 Å². The number of hydrogen-bond acceptors (Lipinski definition) is 5. The zero-order chi connectivity index (χ0) is 26.0. The van der Waals surface area contributed by atoms with Crippen LogP contribution in [0.5, 0.6) is 17.2 Å². The molecule has 1 N–H and O–H groups in total. The van der Waals surface area contributed by atoms with Crippen LogP contribution in [0.25, 0.3) is 11.0 Å². The minimum Gasteiger partial charge on any atom is -0.496 e. The van der Waals surface area contributed by atoms with E-state index in [0.717, 1.165) is 59.4 Å². The third kappa shape index (κ3) is 6.61. The van der Waals surface area contributed by atoms with Crippen LogP contribution in [0.15, 0.2) is 66.7 Å². The fraction of sp³-hybridized carbons (Fsp3) is 0.333. The van der Waals surface area contributed by atoms with E-state index in [-0.39, 0.29) is 5.91 Å². The number of nitrogens with zero attached hydrogens (tertiary/aromatic N) is 2. The molecule has 1 amide bonds. The third-order valence-electron chi connectivity index (χ3n) is 6.47. The first-order chi connectivity index (χ1) is 18.1. The predicted octanol–water partition coefficient (Wildman–Crippen LogP) is 5.18. The first-order valence-electron chi connectivity index (χ1n) is 12.7. The van der Waals surface area contributed by atoms with Crippen LogP contribution in [0.4, 0.5) is 0 Å². The number of unbranched alkanes of at least 4 members (excludes halogenated alkanes) is 2. The molecular weight excluding hydrogens is 466 g/mol. The summed E-state index contributed by atoms with van der Waals surface area (Å²) in [4.78, 5) is 17.3. The van der Waals surface area contributed by atoms with E-state index >= 15 is 0 Å². The van der Waals surface area contributed by atoms with Gasteiger partial charge in [0.25, 0.3) is 0 Å². The Morgan fingerprint density at radius 3 is 2.41 bits per heavy atom. The lowest BCUT2D eigenvalue weighted by molar-refractivity contribution is -0.120. The molecule has 7 heteroatoms. The smallest absolute Gasteiger partial charge is 0.224 e.